The zero-order chi connectivity index (χ0) is 8.55. The second-order valence-corrected chi connectivity index (χ2v) is 2.27. The van der Waals surface area contributed by atoms with Crippen LogP contribution in [0, 0.1) is 0 Å². The Hall–Kier alpha value is -1.91. The van der Waals surface area contributed by atoms with Gasteiger partial charge in [-0.05, 0) is 0 Å². The van der Waals surface area contributed by atoms with Gasteiger partial charge in [0, 0.05) is 18.6 Å². The first-order chi connectivity index (χ1) is 5.79. The fourth-order valence-electron chi connectivity index (χ4n) is 1.00. The highest BCUT2D eigenvalue weighted by Crippen LogP contribution is 2.05. The van der Waals surface area contributed by atoms with Gasteiger partial charge < -0.3 is 5.11 Å². The first-order valence-electron chi connectivity index (χ1n) is 3.29. The van der Waals surface area contributed by atoms with E-state index in [-0.39, 0.29) is 5.56 Å². The Morgan fingerprint density at radius 3 is 3.17 bits per heavy atom. The van der Waals surface area contributed by atoms with Gasteiger partial charge in [0.15, 0.2) is 5.65 Å². The molecule has 12 heavy (non-hydrogen) atoms. The van der Waals surface area contributed by atoms with Gasteiger partial charge in [-0.2, -0.15) is 0 Å². The van der Waals surface area contributed by atoms with E-state index in [2.05, 4.69) is 9.97 Å². The molecule has 2 heterocycles. The molecule has 0 unspecified atom stereocenters. The van der Waals surface area contributed by atoms with Gasteiger partial charge >= 0.3 is 5.97 Å². The molecule has 5 nitrogen and oxygen atoms in total. The average Bonchev–Trinajstić information content (AvgIpc) is 2.49. The Kier molecular flexibility index (Phi) is 1.30. The van der Waals surface area contributed by atoms with Gasteiger partial charge in [-0.1, -0.05) is 0 Å². The van der Waals surface area contributed by atoms with Crippen molar-refractivity contribution in [3.8, 4) is 0 Å². The predicted molar refractivity (Wildman–Crippen MR) is 39.9 cm³/mol. The summed E-state index contributed by atoms with van der Waals surface area (Å²) in [7, 11) is 0. The molecule has 0 radical (unpaired) electrons. The Bertz CT molecular complexity index is 435. The average molecular weight is 163 g/mol. The molecular weight excluding hydrogens is 158 g/mol. The monoisotopic (exact) mass is 163 g/mol. The summed E-state index contributed by atoms with van der Waals surface area (Å²) in [5, 5.41) is 8.71. The summed E-state index contributed by atoms with van der Waals surface area (Å²) in [6, 6.07) is 0. The van der Waals surface area contributed by atoms with E-state index < -0.39 is 5.97 Å². The number of aromatic carboxylic acids is 1. The molecule has 0 aromatic carbocycles. The predicted octanol–water partition coefficient (Wildman–Crippen LogP) is 0.427. The van der Waals surface area contributed by atoms with Crippen LogP contribution in [0.5, 0.6) is 0 Å². The Labute approximate surface area is 67.3 Å². The van der Waals surface area contributed by atoms with Crippen LogP contribution in [0.3, 0.4) is 0 Å². The first kappa shape index (κ1) is 6.78. The molecule has 2 aromatic rings. The summed E-state index contributed by atoms with van der Waals surface area (Å²) in [4.78, 5) is 18.2. The fraction of sp³-hybridized carbons (Fsp3) is 0. The molecule has 0 aliphatic heterocycles. The number of imidazole rings is 1. The quantitative estimate of drug-likeness (QED) is 0.661. The van der Waals surface area contributed by atoms with Crippen molar-refractivity contribution < 1.29 is 9.90 Å². The number of rotatable bonds is 1. The van der Waals surface area contributed by atoms with Crippen LogP contribution in [-0.2, 0) is 0 Å². The second kappa shape index (κ2) is 2.30. The van der Waals surface area contributed by atoms with Crippen molar-refractivity contribution in [3.05, 3.63) is 30.5 Å². The van der Waals surface area contributed by atoms with Crippen LogP contribution in [-0.4, -0.2) is 25.4 Å². The third-order valence-electron chi connectivity index (χ3n) is 1.53. The standard InChI is InChI=1S/C7H5N3O2/c11-7(12)5-3-8-4-10-2-1-9-6(5)10/h1-4H,(H,11,12). The summed E-state index contributed by atoms with van der Waals surface area (Å²) in [5.74, 6) is -1.01. The lowest BCUT2D eigenvalue weighted by molar-refractivity contribution is 0.0698. The maximum atomic E-state index is 10.6. The maximum absolute atomic E-state index is 10.6. The summed E-state index contributed by atoms with van der Waals surface area (Å²) < 4.78 is 1.56. The molecule has 0 saturated heterocycles. The van der Waals surface area contributed by atoms with E-state index in [1.807, 2.05) is 0 Å². The number of hydrogen-bond acceptors (Lipinski definition) is 3. The minimum Gasteiger partial charge on any atom is -0.477 e. The number of hydrogen-bond donors (Lipinski definition) is 1. The zero-order valence-corrected chi connectivity index (χ0v) is 6.01. The van der Waals surface area contributed by atoms with Gasteiger partial charge in [-0.15, -0.1) is 0 Å². The lowest BCUT2D eigenvalue weighted by atomic mass is 10.3. The third kappa shape index (κ3) is 0.833. The summed E-state index contributed by atoms with van der Waals surface area (Å²) in [5.41, 5.74) is 0.528. The number of fused-ring (bicyclic) bond motifs is 1. The lowest BCUT2D eigenvalue weighted by Gasteiger charge is -1.95. The Morgan fingerprint density at radius 1 is 1.58 bits per heavy atom. The molecule has 60 valence electrons. The van der Waals surface area contributed by atoms with Gasteiger partial charge in [-0.3, -0.25) is 4.40 Å². The highest BCUT2D eigenvalue weighted by molar-refractivity contribution is 5.93. The Morgan fingerprint density at radius 2 is 2.42 bits per heavy atom. The van der Waals surface area contributed by atoms with Gasteiger partial charge in [0.05, 0.1) is 0 Å². The number of carbonyl (C=O) groups is 1. The molecule has 0 aliphatic carbocycles. The van der Waals surface area contributed by atoms with E-state index in [4.69, 9.17) is 5.11 Å². The highest BCUT2D eigenvalue weighted by Gasteiger charge is 2.08. The van der Waals surface area contributed by atoms with E-state index >= 15 is 0 Å². The second-order valence-electron chi connectivity index (χ2n) is 2.27. The number of carboxylic acids is 1. The van der Waals surface area contributed by atoms with Crippen molar-refractivity contribution in [2.45, 2.75) is 0 Å². The van der Waals surface area contributed by atoms with E-state index in [0.717, 1.165) is 0 Å². The van der Waals surface area contributed by atoms with Crippen molar-refractivity contribution in [1.29, 1.82) is 0 Å². The first-order valence-corrected chi connectivity index (χ1v) is 3.29. The molecule has 0 amide bonds. The van der Waals surface area contributed by atoms with Gasteiger partial charge in [-0.25, -0.2) is 14.8 Å². The largest absolute Gasteiger partial charge is 0.477 e. The molecule has 0 saturated carbocycles. The highest BCUT2D eigenvalue weighted by atomic mass is 16.4. The van der Waals surface area contributed by atoms with E-state index in [1.54, 1.807) is 10.6 Å². The van der Waals surface area contributed by atoms with Gasteiger partial charge in [0.2, 0.25) is 0 Å². The minimum atomic E-state index is -1.01. The van der Waals surface area contributed by atoms with Crippen molar-refractivity contribution in [2.75, 3.05) is 0 Å². The van der Waals surface area contributed by atoms with Crippen molar-refractivity contribution >= 4 is 11.6 Å². The molecule has 2 aromatic heterocycles. The molecular formula is C7H5N3O2. The summed E-state index contributed by atoms with van der Waals surface area (Å²) >= 11 is 0. The van der Waals surface area contributed by atoms with Gasteiger partial charge in [0.25, 0.3) is 0 Å². The molecule has 1 N–H and O–H groups in total. The fourth-order valence-corrected chi connectivity index (χ4v) is 1.00. The van der Waals surface area contributed by atoms with Crippen LogP contribution in [0.1, 0.15) is 10.4 Å². The van der Waals surface area contributed by atoms with Crippen LogP contribution in [0.4, 0.5) is 0 Å². The lowest BCUT2D eigenvalue weighted by Crippen LogP contribution is -2.01. The molecule has 0 atom stereocenters. The molecule has 0 bridgehead atoms. The Balaban J connectivity index is 2.82. The smallest absolute Gasteiger partial charge is 0.341 e. The topological polar surface area (TPSA) is 67.5 Å². The molecule has 0 fully saturated rings. The van der Waals surface area contributed by atoms with Crippen LogP contribution < -0.4 is 0 Å². The van der Waals surface area contributed by atoms with E-state index in [9.17, 15) is 4.79 Å². The minimum absolute atomic E-state index is 0.113. The van der Waals surface area contributed by atoms with Crippen LogP contribution in [0.2, 0.25) is 0 Å². The SMILES string of the molecule is O=C(O)c1cncn2ccnc12. The van der Waals surface area contributed by atoms with Crippen molar-refractivity contribution in [3.63, 3.8) is 0 Å². The zero-order valence-electron chi connectivity index (χ0n) is 6.01. The van der Waals surface area contributed by atoms with E-state index in [1.165, 1.54) is 18.7 Å². The molecule has 0 aliphatic rings. The molecule has 0 spiro atoms. The summed E-state index contributed by atoms with van der Waals surface area (Å²) in [6.07, 6.45) is 5.97. The van der Waals surface area contributed by atoms with Gasteiger partial charge in [0.1, 0.15) is 11.9 Å². The number of carboxylic acid groups (broad SMARTS) is 1. The maximum Gasteiger partial charge on any atom is 0.341 e. The normalized spacial score (nSPS) is 10.3. The van der Waals surface area contributed by atoms with Crippen molar-refractivity contribution in [2.24, 2.45) is 0 Å². The van der Waals surface area contributed by atoms with Crippen LogP contribution >= 0.6 is 0 Å². The molecule has 2 rings (SSSR count). The number of nitrogens with zero attached hydrogens (tertiary/aromatic N) is 3. The molecule has 5 heteroatoms. The van der Waals surface area contributed by atoms with Crippen LogP contribution in [0.25, 0.3) is 5.65 Å². The third-order valence-corrected chi connectivity index (χ3v) is 1.53. The van der Waals surface area contributed by atoms with Crippen molar-refractivity contribution in [1.82, 2.24) is 14.4 Å². The summed E-state index contributed by atoms with van der Waals surface area (Å²) in [6.45, 7) is 0. The van der Waals surface area contributed by atoms with Crippen LogP contribution in [0.15, 0.2) is 24.9 Å². The van der Waals surface area contributed by atoms with E-state index in [0.29, 0.717) is 5.65 Å². The number of aromatic nitrogens is 3.